The van der Waals surface area contributed by atoms with Crippen molar-refractivity contribution in [2.24, 2.45) is 33.6 Å². The summed E-state index contributed by atoms with van der Waals surface area (Å²) in [6, 6.07) is 2.90. The molecule has 15 nitrogen and oxygen atoms in total. The fraction of sp³-hybridized carbons (Fsp3) is 0.690. The molecule has 4 fully saturated rings. The van der Waals surface area contributed by atoms with Crippen LogP contribution < -0.4 is 19.5 Å². The van der Waals surface area contributed by atoms with Gasteiger partial charge in [0.2, 0.25) is 34.1 Å². The summed E-state index contributed by atoms with van der Waals surface area (Å²) < 4.78 is 72.3. The normalized spacial score (nSPS) is 30.6. The molecule has 2 N–H and O–H groups in total. The first kappa shape index (κ1) is 43.6. The van der Waals surface area contributed by atoms with Gasteiger partial charge in [-0.3, -0.25) is 19.1 Å². The van der Waals surface area contributed by atoms with Crippen molar-refractivity contribution < 1.29 is 50.6 Å². The lowest BCUT2D eigenvalue weighted by atomic mass is 9.85. The predicted molar refractivity (Wildman–Crippen MR) is 216 cm³/mol. The third-order valence-electron chi connectivity index (χ3n) is 13.0. The Hall–Kier alpha value is -4.48. The third kappa shape index (κ3) is 8.94. The smallest absolute Gasteiger partial charge is 0.408 e. The summed E-state index contributed by atoms with van der Waals surface area (Å²) in [5.41, 5.74) is -0.873. The van der Waals surface area contributed by atoms with Crippen LogP contribution in [0, 0.1) is 28.6 Å². The molecule has 2 bridgehead atoms. The number of methoxy groups -OCH3 is 1. The van der Waals surface area contributed by atoms with Crippen LogP contribution >= 0.6 is 0 Å². The Labute approximate surface area is 349 Å². The Balaban J connectivity index is 1.26. The van der Waals surface area contributed by atoms with Gasteiger partial charge in [0, 0.05) is 24.6 Å². The predicted octanol–water partition coefficient (Wildman–Crippen LogP) is 5.53. The van der Waals surface area contributed by atoms with Gasteiger partial charge in [0.1, 0.15) is 35.7 Å². The van der Waals surface area contributed by atoms with E-state index in [1.807, 2.05) is 13.0 Å². The number of carbonyl (C=O) groups is 4. The molecule has 1 aromatic heterocycles. The van der Waals surface area contributed by atoms with Crippen LogP contribution in [-0.4, -0.2) is 102 Å². The van der Waals surface area contributed by atoms with Gasteiger partial charge in [-0.2, -0.15) is 0 Å². The summed E-state index contributed by atoms with van der Waals surface area (Å²) in [5, 5.41) is 2.78. The zero-order valence-electron chi connectivity index (χ0n) is 35.0. The van der Waals surface area contributed by atoms with Crippen LogP contribution in [0.2, 0.25) is 0 Å². The van der Waals surface area contributed by atoms with Crippen LogP contribution in [0.5, 0.6) is 11.6 Å². The highest BCUT2D eigenvalue weighted by molar-refractivity contribution is 7.91. The van der Waals surface area contributed by atoms with Crippen molar-refractivity contribution >= 4 is 51.1 Å². The Morgan fingerprint density at radius 1 is 1.12 bits per heavy atom. The van der Waals surface area contributed by atoms with E-state index >= 15 is 0 Å². The lowest BCUT2D eigenvalue weighted by Gasteiger charge is -2.35. The minimum Gasteiger partial charge on any atom is -0.497 e. The number of halogens is 2. The number of hydrogen-bond donors (Lipinski definition) is 2. The largest absolute Gasteiger partial charge is 0.497 e. The number of nitrogens with zero attached hydrogens (tertiary/aromatic N) is 4. The number of benzene rings is 1. The van der Waals surface area contributed by atoms with Crippen molar-refractivity contribution in [1.29, 1.82) is 0 Å². The number of ether oxygens (including phenoxy) is 3. The number of sulfonamides is 1. The maximum absolute atomic E-state index is 14.8. The summed E-state index contributed by atoms with van der Waals surface area (Å²) in [7, 11) is -2.59. The van der Waals surface area contributed by atoms with E-state index in [1.165, 1.54) is 11.8 Å². The van der Waals surface area contributed by atoms with Crippen LogP contribution in [0.1, 0.15) is 105 Å². The standard InChI is InChI=1S/C42H56F2N6O9S/c1-7-26-31-21-50(33(26)35(51)45-22-42(20-24(42)18-32(43)44)38(53)49-60(55,56)41(5)15-16-41)37(52)34(40(2,3)4)48-39(54)59-30-17-23(30)11-9-8-10-12-28-36(58-31)47-29-19-25(57-6)13-14-27(29)46-28/h13-14,19,22-24,26,30-34H,7-12,15-18,20-21H2,1-6H3,(H,48,54)(H,49,53)/b45-22+/t23-,24-,26-,30-,31+,33+,34?,42-/m1/s1. The summed E-state index contributed by atoms with van der Waals surface area (Å²) in [6.07, 6.45) is 1.23. The topological polar surface area (TPSA) is 196 Å². The first-order valence-electron chi connectivity index (χ1n) is 21.0. The van der Waals surface area contributed by atoms with Gasteiger partial charge in [-0.15, -0.1) is 0 Å². The number of amides is 4. The van der Waals surface area contributed by atoms with Crippen molar-refractivity contribution in [3.8, 4) is 11.6 Å². The highest BCUT2D eigenvalue weighted by atomic mass is 32.2. The maximum atomic E-state index is 14.8. The summed E-state index contributed by atoms with van der Waals surface area (Å²) in [4.78, 5) is 71.7. The summed E-state index contributed by atoms with van der Waals surface area (Å²) >= 11 is 0. The monoisotopic (exact) mass is 858 g/mol. The van der Waals surface area contributed by atoms with Crippen molar-refractivity contribution in [1.82, 2.24) is 24.9 Å². The fourth-order valence-electron chi connectivity index (χ4n) is 8.65. The second kappa shape index (κ2) is 16.4. The molecule has 3 heterocycles. The lowest BCUT2D eigenvalue weighted by molar-refractivity contribution is -0.141. The molecule has 3 aliphatic carbocycles. The van der Waals surface area contributed by atoms with Gasteiger partial charge in [0.15, 0.2) is 0 Å². The molecule has 5 aliphatic rings. The molecular weight excluding hydrogens is 803 g/mol. The average Bonchev–Trinajstić information content (AvgIpc) is 4.14. The number of alkyl halides is 2. The molecule has 18 heteroatoms. The molecule has 1 aromatic carbocycles. The van der Waals surface area contributed by atoms with Gasteiger partial charge in [0.25, 0.3) is 5.91 Å². The van der Waals surface area contributed by atoms with Crippen LogP contribution in [0.15, 0.2) is 23.2 Å². The van der Waals surface area contributed by atoms with E-state index in [0.29, 0.717) is 48.2 Å². The van der Waals surface area contributed by atoms with E-state index in [9.17, 15) is 36.4 Å². The Morgan fingerprint density at radius 2 is 1.87 bits per heavy atom. The number of carbonyl (C=O) groups excluding carboxylic acids is 4. The van der Waals surface area contributed by atoms with E-state index in [1.54, 1.807) is 40.0 Å². The lowest BCUT2D eigenvalue weighted by Crippen LogP contribution is -2.57. The number of fused-ring (bicyclic) bond motifs is 5. The van der Waals surface area contributed by atoms with E-state index in [2.05, 4.69) is 15.0 Å². The molecule has 8 atom stereocenters. The SMILES string of the molecule is CC[C@@H]1[C@@H]2CN(C(=O)C(C(C)(C)C)NC(=O)O[C@@H]3C[C@H]3CCCCCc3nc4ccc(OC)cc4nc3O2)[C@@H]1C(=O)/N=C/[C@]1(C(=O)NS(=O)(=O)C2(C)CC2)C[C@H]1CC(F)F. The van der Waals surface area contributed by atoms with Crippen molar-refractivity contribution in [2.75, 3.05) is 13.7 Å². The minimum atomic E-state index is -4.14. The Bertz CT molecular complexity index is 2160. The van der Waals surface area contributed by atoms with Gasteiger partial charge in [0.05, 0.1) is 34.8 Å². The molecular formula is C42H56F2N6O9S. The van der Waals surface area contributed by atoms with Crippen molar-refractivity contribution in [3.05, 3.63) is 23.9 Å². The zero-order valence-corrected chi connectivity index (χ0v) is 35.9. The molecule has 2 aromatic rings. The molecule has 1 unspecified atom stereocenters. The number of rotatable bonds is 9. The fourth-order valence-corrected chi connectivity index (χ4v) is 9.97. The summed E-state index contributed by atoms with van der Waals surface area (Å²) in [6.45, 7) is 8.53. The first-order chi connectivity index (χ1) is 28.3. The van der Waals surface area contributed by atoms with E-state index in [-0.39, 0.29) is 30.9 Å². The second-order valence-corrected chi connectivity index (χ2v) is 20.7. The number of aryl methyl sites for hydroxylation is 1. The van der Waals surface area contributed by atoms with E-state index in [4.69, 9.17) is 24.2 Å². The molecule has 0 spiro atoms. The van der Waals surface area contributed by atoms with Crippen molar-refractivity contribution in [3.63, 3.8) is 0 Å². The minimum absolute atomic E-state index is 0.120. The molecule has 7 rings (SSSR count). The third-order valence-corrected chi connectivity index (χ3v) is 15.2. The number of aliphatic imine (C=N–C) groups is 1. The van der Waals surface area contributed by atoms with Gasteiger partial charge in [-0.1, -0.05) is 40.5 Å². The molecule has 328 valence electrons. The van der Waals surface area contributed by atoms with Gasteiger partial charge < -0.3 is 24.4 Å². The first-order valence-corrected chi connectivity index (χ1v) is 22.5. The molecule has 4 amide bonds. The highest BCUT2D eigenvalue weighted by Gasteiger charge is 2.62. The molecule has 1 saturated heterocycles. The highest BCUT2D eigenvalue weighted by Crippen LogP contribution is 2.55. The number of nitrogens with one attached hydrogen (secondary N) is 2. The quantitative estimate of drug-likeness (QED) is 0.301. The molecule has 2 aliphatic heterocycles. The van der Waals surface area contributed by atoms with Crippen LogP contribution in [0.3, 0.4) is 0 Å². The van der Waals surface area contributed by atoms with Gasteiger partial charge in [-0.05, 0) is 87.7 Å². The van der Waals surface area contributed by atoms with Crippen LogP contribution in [0.4, 0.5) is 13.6 Å². The molecule has 60 heavy (non-hydrogen) atoms. The van der Waals surface area contributed by atoms with E-state index < -0.39 is 92.3 Å². The second-order valence-electron chi connectivity index (χ2n) is 18.5. The Morgan fingerprint density at radius 3 is 2.53 bits per heavy atom. The molecule has 0 radical (unpaired) electrons. The molecule has 3 saturated carbocycles. The van der Waals surface area contributed by atoms with Gasteiger partial charge >= 0.3 is 6.09 Å². The average molecular weight is 859 g/mol. The number of alkyl carbamates (subject to hydrolysis) is 1. The van der Waals surface area contributed by atoms with Crippen LogP contribution in [0.25, 0.3) is 11.0 Å². The number of hydrogen-bond acceptors (Lipinski definition) is 11. The van der Waals surface area contributed by atoms with Crippen LogP contribution in [-0.2, 0) is 35.6 Å². The van der Waals surface area contributed by atoms with Gasteiger partial charge in [-0.25, -0.2) is 37.0 Å². The number of aromatic nitrogens is 2. The maximum Gasteiger partial charge on any atom is 0.408 e. The van der Waals surface area contributed by atoms with E-state index in [0.717, 1.165) is 38.3 Å². The summed E-state index contributed by atoms with van der Waals surface area (Å²) in [5.74, 6) is -3.13. The zero-order chi connectivity index (χ0) is 43.4. The van der Waals surface area contributed by atoms with Crippen molar-refractivity contribution in [2.45, 2.75) is 141 Å². The Kier molecular flexibility index (Phi) is 11.9.